The van der Waals surface area contributed by atoms with Gasteiger partial charge in [0.05, 0.1) is 5.75 Å². The third kappa shape index (κ3) is 7.41. The lowest BCUT2D eigenvalue weighted by molar-refractivity contribution is -0.138. The highest BCUT2D eigenvalue weighted by Crippen LogP contribution is 2.19. The Bertz CT molecular complexity index is 819. The van der Waals surface area contributed by atoms with Crippen LogP contribution in [0.2, 0.25) is 5.02 Å². The Morgan fingerprint density at radius 2 is 1.69 bits per heavy atom. The molecule has 0 saturated carbocycles. The maximum Gasteiger partial charge on any atom is 0.242 e. The summed E-state index contributed by atoms with van der Waals surface area (Å²) in [5.74, 6) is 0.894. The summed E-state index contributed by atoms with van der Waals surface area (Å²) in [4.78, 5) is 27.0. The Labute approximate surface area is 183 Å². The molecule has 2 rings (SSSR count). The lowest BCUT2D eigenvalue weighted by atomic mass is 10.1. The van der Waals surface area contributed by atoms with E-state index in [2.05, 4.69) is 37.4 Å². The van der Waals surface area contributed by atoms with E-state index in [1.165, 1.54) is 16.7 Å². The number of nitrogens with zero attached hydrogens (tertiary/aromatic N) is 1. The number of hydrogen-bond acceptors (Lipinski definition) is 3. The van der Waals surface area contributed by atoms with Gasteiger partial charge in [-0.15, -0.1) is 11.8 Å². The lowest BCUT2D eigenvalue weighted by Crippen LogP contribution is -2.48. The maximum absolute atomic E-state index is 13.0. The van der Waals surface area contributed by atoms with E-state index in [4.69, 9.17) is 11.6 Å². The standard InChI is InChI=1S/C23H29ClN2O2S/c1-5-25-23(28)18(4)26(13-19-6-8-21(24)9-7-19)22(27)15-29-14-20-11-16(2)10-17(3)12-20/h6-12,18H,5,13-15H2,1-4H3,(H,25,28)/t18-/m1/s1. The summed E-state index contributed by atoms with van der Waals surface area (Å²) >= 11 is 7.54. The van der Waals surface area contributed by atoms with Crippen LogP contribution in [0.25, 0.3) is 0 Å². The van der Waals surface area contributed by atoms with Crippen molar-refractivity contribution in [3.63, 3.8) is 0 Å². The van der Waals surface area contributed by atoms with E-state index in [-0.39, 0.29) is 11.8 Å². The van der Waals surface area contributed by atoms with Crippen molar-refractivity contribution in [1.82, 2.24) is 10.2 Å². The largest absolute Gasteiger partial charge is 0.355 e. The second-order valence-corrected chi connectivity index (χ2v) is 8.63. The summed E-state index contributed by atoms with van der Waals surface area (Å²) in [5, 5.41) is 3.45. The van der Waals surface area contributed by atoms with E-state index in [0.29, 0.717) is 23.9 Å². The molecule has 0 bridgehead atoms. The van der Waals surface area contributed by atoms with Gasteiger partial charge in [0.1, 0.15) is 6.04 Å². The average Bonchev–Trinajstić information content (AvgIpc) is 2.66. The minimum atomic E-state index is -0.542. The second kappa shape index (κ2) is 11.3. The Balaban J connectivity index is 2.06. The van der Waals surface area contributed by atoms with Crippen molar-refractivity contribution in [2.45, 2.75) is 46.0 Å². The molecule has 0 fully saturated rings. The monoisotopic (exact) mass is 432 g/mol. The molecule has 0 aliphatic rings. The number of thioether (sulfide) groups is 1. The third-order valence-corrected chi connectivity index (χ3v) is 5.80. The molecular weight excluding hydrogens is 404 g/mol. The summed E-state index contributed by atoms with van der Waals surface area (Å²) in [6.45, 7) is 8.71. The first-order valence-corrected chi connectivity index (χ1v) is 11.3. The first-order chi connectivity index (χ1) is 13.8. The van der Waals surface area contributed by atoms with Crippen LogP contribution in [0.15, 0.2) is 42.5 Å². The highest BCUT2D eigenvalue weighted by atomic mass is 35.5. The fourth-order valence-corrected chi connectivity index (χ4v) is 4.15. The molecule has 0 aliphatic heterocycles. The molecule has 0 spiro atoms. The molecule has 6 heteroatoms. The van der Waals surface area contributed by atoms with E-state index in [1.807, 2.05) is 19.1 Å². The van der Waals surface area contributed by atoms with Gasteiger partial charge in [0, 0.05) is 23.9 Å². The number of carbonyl (C=O) groups is 2. The summed E-state index contributed by atoms with van der Waals surface area (Å²) < 4.78 is 0. The van der Waals surface area contributed by atoms with Gasteiger partial charge in [-0.25, -0.2) is 0 Å². The van der Waals surface area contributed by atoms with Gasteiger partial charge in [0.15, 0.2) is 0 Å². The zero-order valence-corrected chi connectivity index (χ0v) is 19.1. The average molecular weight is 433 g/mol. The van der Waals surface area contributed by atoms with Gasteiger partial charge in [0.25, 0.3) is 0 Å². The molecule has 0 heterocycles. The molecule has 0 aromatic heterocycles. The van der Waals surface area contributed by atoms with Crippen molar-refractivity contribution in [2.75, 3.05) is 12.3 Å². The van der Waals surface area contributed by atoms with Crippen LogP contribution in [0, 0.1) is 13.8 Å². The van der Waals surface area contributed by atoms with Crippen molar-refractivity contribution >= 4 is 35.2 Å². The third-order valence-electron chi connectivity index (χ3n) is 4.56. The number of rotatable bonds is 9. The summed E-state index contributed by atoms with van der Waals surface area (Å²) in [5.41, 5.74) is 4.60. The van der Waals surface area contributed by atoms with Gasteiger partial charge in [-0.2, -0.15) is 0 Å². The number of halogens is 1. The number of benzene rings is 2. The fourth-order valence-electron chi connectivity index (χ4n) is 3.18. The Kier molecular flexibility index (Phi) is 9.05. The predicted octanol–water partition coefficient (Wildman–Crippen LogP) is 4.74. The molecule has 1 N–H and O–H groups in total. The van der Waals surface area contributed by atoms with Gasteiger partial charge >= 0.3 is 0 Å². The van der Waals surface area contributed by atoms with Crippen molar-refractivity contribution in [2.24, 2.45) is 0 Å². The second-order valence-electron chi connectivity index (χ2n) is 7.21. The lowest BCUT2D eigenvalue weighted by Gasteiger charge is -2.28. The highest BCUT2D eigenvalue weighted by Gasteiger charge is 2.25. The number of amides is 2. The maximum atomic E-state index is 13.0. The van der Waals surface area contributed by atoms with Gasteiger partial charge in [-0.05, 0) is 51.0 Å². The van der Waals surface area contributed by atoms with E-state index in [0.717, 1.165) is 11.3 Å². The normalized spacial score (nSPS) is 11.8. The van der Waals surface area contributed by atoms with E-state index in [1.54, 1.807) is 35.7 Å². The van der Waals surface area contributed by atoms with Crippen molar-refractivity contribution in [3.8, 4) is 0 Å². The van der Waals surface area contributed by atoms with Crippen LogP contribution >= 0.6 is 23.4 Å². The number of likely N-dealkylation sites (N-methyl/N-ethyl adjacent to an activating group) is 1. The quantitative estimate of drug-likeness (QED) is 0.622. The Morgan fingerprint density at radius 3 is 2.28 bits per heavy atom. The first kappa shape index (κ1) is 23.3. The molecule has 0 saturated heterocycles. The molecule has 0 unspecified atom stereocenters. The molecule has 2 aromatic carbocycles. The van der Waals surface area contributed by atoms with Gasteiger partial charge in [0.2, 0.25) is 11.8 Å². The van der Waals surface area contributed by atoms with Crippen LogP contribution in [0.1, 0.15) is 36.1 Å². The number of hydrogen-bond donors (Lipinski definition) is 1. The topological polar surface area (TPSA) is 49.4 Å². The van der Waals surface area contributed by atoms with Crippen molar-refractivity contribution in [3.05, 3.63) is 69.7 Å². The number of nitrogens with one attached hydrogen (secondary N) is 1. The van der Waals surface area contributed by atoms with E-state index < -0.39 is 6.04 Å². The van der Waals surface area contributed by atoms with Crippen LogP contribution in [0.4, 0.5) is 0 Å². The van der Waals surface area contributed by atoms with Crippen LogP contribution in [0.3, 0.4) is 0 Å². The first-order valence-electron chi connectivity index (χ1n) is 9.76. The fraction of sp³-hybridized carbons (Fsp3) is 0.391. The SMILES string of the molecule is CCNC(=O)[C@@H](C)N(Cc1ccc(Cl)cc1)C(=O)CSCc1cc(C)cc(C)c1. The molecule has 4 nitrogen and oxygen atoms in total. The number of carbonyl (C=O) groups excluding carboxylic acids is 2. The molecule has 0 radical (unpaired) electrons. The smallest absolute Gasteiger partial charge is 0.242 e. The molecule has 0 aliphatic carbocycles. The summed E-state index contributed by atoms with van der Waals surface area (Å²) in [6.07, 6.45) is 0. The molecule has 2 amide bonds. The predicted molar refractivity (Wildman–Crippen MR) is 122 cm³/mol. The van der Waals surface area contributed by atoms with Gasteiger partial charge < -0.3 is 10.2 Å². The van der Waals surface area contributed by atoms with Crippen molar-refractivity contribution in [1.29, 1.82) is 0 Å². The van der Waals surface area contributed by atoms with Gasteiger partial charge in [-0.3, -0.25) is 9.59 Å². The van der Waals surface area contributed by atoms with Crippen LogP contribution in [-0.4, -0.2) is 35.1 Å². The zero-order valence-electron chi connectivity index (χ0n) is 17.5. The minimum Gasteiger partial charge on any atom is -0.355 e. The van der Waals surface area contributed by atoms with Crippen LogP contribution in [-0.2, 0) is 21.9 Å². The molecular formula is C23H29ClN2O2S. The molecule has 2 aromatic rings. The number of aryl methyl sites for hydroxylation is 2. The molecule has 156 valence electrons. The van der Waals surface area contributed by atoms with Gasteiger partial charge in [-0.1, -0.05) is 53.1 Å². The minimum absolute atomic E-state index is 0.0481. The summed E-state index contributed by atoms with van der Waals surface area (Å²) in [7, 11) is 0. The Hall–Kier alpha value is -1.98. The van der Waals surface area contributed by atoms with E-state index in [9.17, 15) is 9.59 Å². The van der Waals surface area contributed by atoms with E-state index >= 15 is 0 Å². The van der Waals surface area contributed by atoms with Crippen LogP contribution in [0.5, 0.6) is 0 Å². The summed E-state index contributed by atoms with van der Waals surface area (Å²) in [6, 6.07) is 13.3. The molecule has 1 atom stereocenters. The zero-order chi connectivity index (χ0) is 21.4. The van der Waals surface area contributed by atoms with Crippen LogP contribution < -0.4 is 5.32 Å². The molecule has 29 heavy (non-hydrogen) atoms. The van der Waals surface area contributed by atoms with Crippen molar-refractivity contribution < 1.29 is 9.59 Å². The Morgan fingerprint density at radius 1 is 1.07 bits per heavy atom. The highest BCUT2D eigenvalue weighted by molar-refractivity contribution is 7.99.